The molecule has 0 radical (unpaired) electrons. The molecule has 3 rings (SSSR count). The average Bonchev–Trinajstić information content (AvgIpc) is 2.39. The SMILES string of the molecule is Fc1cc(F)c(F)c([C@@H](C2CCC2)N2CCNCC2)c1. The van der Waals surface area contributed by atoms with E-state index in [1.807, 2.05) is 0 Å². The molecule has 1 heterocycles. The van der Waals surface area contributed by atoms with Gasteiger partial charge < -0.3 is 5.32 Å². The number of hydrogen-bond acceptors (Lipinski definition) is 2. The lowest BCUT2D eigenvalue weighted by Crippen LogP contribution is -2.48. The third-order valence-electron chi connectivity index (χ3n) is 4.48. The van der Waals surface area contributed by atoms with Crippen molar-refractivity contribution in [3.63, 3.8) is 0 Å². The van der Waals surface area contributed by atoms with E-state index in [4.69, 9.17) is 0 Å². The molecule has 5 heteroatoms. The third-order valence-corrected chi connectivity index (χ3v) is 4.48. The Bertz CT molecular complexity index is 482. The van der Waals surface area contributed by atoms with Crippen LogP contribution in [0.4, 0.5) is 13.2 Å². The Balaban J connectivity index is 1.96. The van der Waals surface area contributed by atoms with Crippen LogP contribution in [-0.4, -0.2) is 31.1 Å². The number of piperazine rings is 1. The zero-order valence-electron chi connectivity index (χ0n) is 11.3. The Morgan fingerprint density at radius 3 is 2.40 bits per heavy atom. The van der Waals surface area contributed by atoms with Crippen LogP contribution in [0.1, 0.15) is 30.9 Å². The molecule has 1 aliphatic carbocycles. The fourth-order valence-corrected chi connectivity index (χ4v) is 3.26. The molecule has 1 saturated heterocycles. The van der Waals surface area contributed by atoms with E-state index in [-0.39, 0.29) is 11.6 Å². The Kier molecular flexibility index (Phi) is 3.98. The molecule has 2 aliphatic rings. The lowest BCUT2D eigenvalue weighted by molar-refractivity contribution is 0.0804. The summed E-state index contributed by atoms with van der Waals surface area (Å²) >= 11 is 0. The summed E-state index contributed by atoms with van der Waals surface area (Å²) in [5.74, 6) is -2.36. The number of rotatable bonds is 3. The molecular formula is C15H19F3N2. The van der Waals surface area contributed by atoms with Crippen LogP contribution in [0.5, 0.6) is 0 Å². The van der Waals surface area contributed by atoms with Crippen LogP contribution in [0.3, 0.4) is 0 Å². The first kappa shape index (κ1) is 13.9. The van der Waals surface area contributed by atoms with Gasteiger partial charge in [0.1, 0.15) is 5.82 Å². The molecule has 20 heavy (non-hydrogen) atoms. The van der Waals surface area contributed by atoms with Crippen LogP contribution in [0.15, 0.2) is 12.1 Å². The molecule has 0 bridgehead atoms. The van der Waals surface area contributed by atoms with Gasteiger partial charge in [0, 0.05) is 43.9 Å². The van der Waals surface area contributed by atoms with Crippen molar-refractivity contribution in [2.45, 2.75) is 25.3 Å². The second-order valence-electron chi connectivity index (χ2n) is 5.71. The number of halogens is 3. The normalized spacial score (nSPS) is 22.6. The van der Waals surface area contributed by atoms with E-state index in [0.717, 1.165) is 45.4 Å². The Morgan fingerprint density at radius 1 is 1.10 bits per heavy atom. The fourth-order valence-electron chi connectivity index (χ4n) is 3.26. The van der Waals surface area contributed by atoms with Crippen LogP contribution < -0.4 is 5.32 Å². The molecule has 1 atom stereocenters. The highest BCUT2D eigenvalue weighted by atomic mass is 19.2. The fraction of sp³-hybridized carbons (Fsp3) is 0.600. The highest BCUT2D eigenvalue weighted by Gasteiger charge is 2.36. The van der Waals surface area contributed by atoms with Crippen LogP contribution in [0.2, 0.25) is 0 Å². The van der Waals surface area contributed by atoms with Gasteiger partial charge in [-0.15, -0.1) is 0 Å². The van der Waals surface area contributed by atoms with Crippen molar-refractivity contribution in [2.75, 3.05) is 26.2 Å². The monoisotopic (exact) mass is 284 g/mol. The van der Waals surface area contributed by atoms with Gasteiger partial charge >= 0.3 is 0 Å². The minimum atomic E-state index is -1.08. The summed E-state index contributed by atoms with van der Waals surface area (Å²) in [6.45, 7) is 3.25. The largest absolute Gasteiger partial charge is 0.314 e. The van der Waals surface area contributed by atoms with E-state index in [0.29, 0.717) is 12.0 Å². The second-order valence-corrected chi connectivity index (χ2v) is 5.71. The maximum Gasteiger partial charge on any atom is 0.163 e. The first-order valence-electron chi connectivity index (χ1n) is 7.26. The van der Waals surface area contributed by atoms with E-state index in [2.05, 4.69) is 10.2 Å². The first-order valence-corrected chi connectivity index (χ1v) is 7.26. The van der Waals surface area contributed by atoms with E-state index < -0.39 is 17.5 Å². The van der Waals surface area contributed by atoms with E-state index >= 15 is 0 Å². The molecule has 0 spiro atoms. The van der Waals surface area contributed by atoms with E-state index in [9.17, 15) is 13.2 Å². The maximum absolute atomic E-state index is 14.1. The Morgan fingerprint density at radius 2 is 1.80 bits per heavy atom. The van der Waals surface area contributed by atoms with Crippen LogP contribution in [-0.2, 0) is 0 Å². The van der Waals surface area contributed by atoms with Gasteiger partial charge in [0.2, 0.25) is 0 Å². The molecule has 2 nitrogen and oxygen atoms in total. The van der Waals surface area contributed by atoms with Gasteiger partial charge in [-0.3, -0.25) is 4.90 Å². The minimum absolute atomic E-state index is 0.189. The number of nitrogens with zero attached hydrogens (tertiary/aromatic N) is 1. The quantitative estimate of drug-likeness (QED) is 0.859. The molecule has 110 valence electrons. The Hall–Kier alpha value is -1.07. The van der Waals surface area contributed by atoms with E-state index in [1.165, 1.54) is 6.07 Å². The first-order chi connectivity index (χ1) is 9.66. The van der Waals surface area contributed by atoms with Gasteiger partial charge in [-0.25, -0.2) is 13.2 Å². The predicted octanol–water partition coefficient (Wildman–Crippen LogP) is 2.85. The van der Waals surface area contributed by atoms with Gasteiger partial charge in [-0.05, 0) is 24.8 Å². The molecule has 2 fully saturated rings. The maximum atomic E-state index is 14.1. The minimum Gasteiger partial charge on any atom is -0.314 e. The molecule has 1 N–H and O–H groups in total. The molecular weight excluding hydrogens is 265 g/mol. The summed E-state index contributed by atoms with van der Waals surface area (Å²) in [5, 5.41) is 3.25. The van der Waals surface area contributed by atoms with Gasteiger partial charge in [0.05, 0.1) is 0 Å². The number of hydrogen-bond donors (Lipinski definition) is 1. The second kappa shape index (κ2) is 5.74. The summed E-state index contributed by atoms with van der Waals surface area (Å²) < 4.78 is 41.1. The summed E-state index contributed by atoms with van der Waals surface area (Å²) in [4.78, 5) is 2.16. The van der Waals surface area contributed by atoms with Crippen LogP contribution >= 0.6 is 0 Å². The standard InChI is InChI=1S/C15H19F3N2/c16-11-8-12(14(18)13(17)9-11)15(10-2-1-3-10)20-6-4-19-5-7-20/h8-10,15,19H,1-7H2/t15-/m1/s1. The highest BCUT2D eigenvalue weighted by molar-refractivity contribution is 5.25. The molecule has 0 aromatic heterocycles. The van der Waals surface area contributed by atoms with Gasteiger partial charge in [-0.2, -0.15) is 0 Å². The van der Waals surface area contributed by atoms with Crippen molar-refractivity contribution in [1.82, 2.24) is 10.2 Å². The topological polar surface area (TPSA) is 15.3 Å². The van der Waals surface area contributed by atoms with Crippen LogP contribution in [0.25, 0.3) is 0 Å². The molecule has 1 aromatic carbocycles. The van der Waals surface area contributed by atoms with Crippen molar-refractivity contribution in [1.29, 1.82) is 0 Å². The zero-order valence-corrected chi connectivity index (χ0v) is 11.3. The Labute approximate surface area is 117 Å². The van der Waals surface area contributed by atoms with Crippen molar-refractivity contribution in [2.24, 2.45) is 5.92 Å². The molecule has 1 aromatic rings. The van der Waals surface area contributed by atoms with Crippen molar-refractivity contribution < 1.29 is 13.2 Å². The number of benzene rings is 1. The summed E-state index contributed by atoms with van der Waals surface area (Å²) in [6.07, 6.45) is 3.13. The lowest BCUT2D eigenvalue weighted by atomic mass is 9.76. The zero-order chi connectivity index (χ0) is 14.1. The van der Waals surface area contributed by atoms with Gasteiger partial charge in [-0.1, -0.05) is 6.42 Å². The number of nitrogens with one attached hydrogen (secondary N) is 1. The van der Waals surface area contributed by atoms with Crippen molar-refractivity contribution >= 4 is 0 Å². The smallest absolute Gasteiger partial charge is 0.163 e. The van der Waals surface area contributed by atoms with Crippen molar-refractivity contribution in [3.8, 4) is 0 Å². The lowest BCUT2D eigenvalue weighted by Gasteiger charge is -2.43. The summed E-state index contributed by atoms with van der Waals surface area (Å²) in [5.41, 5.74) is 0.189. The molecule has 1 saturated carbocycles. The van der Waals surface area contributed by atoms with Crippen LogP contribution in [0, 0.1) is 23.4 Å². The average molecular weight is 284 g/mol. The van der Waals surface area contributed by atoms with Gasteiger partial charge in [0.15, 0.2) is 11.6 Å². The predicted molar refractivity (Wildman–Crippen MR) is 70.8 cm³/mol. The molecule has 0 amide bonds. The van der Waals surface area contributed by atoms with Gasteiger partial charge in [0.25, 0.3) is 0 Å². The summed E-state index contributed by atoms with van der Waals surface area (Å²) in [6, 6.07) is 1.59. The third kappa shape index (κ3) is 2.56. The van der Waals surface area contributed by atoms with Crippen molar-refractivity contribution in [3.05, 3.63) is 35.1 Å². The van der Waals surface area contributed by atoms with E-state index in [1.54, 1.807) is 0 Å². The highest BCUT2D eigenvalue weighted by Crippen LogP contribution is 2.42. The summed E-state index contributed by atoms with van der Waals surface area (Å²) in [7, 11) is 0. The molecule has 0 unspecified atom stereocenters. The molecule has 1 aliphatic heterocycles.